The van der Waals surface area contributed by atoms with Gasteiger partial charge >= 0.3 is 0 Å². The van der Waals surface area contributed by atoms with Crippen LogP contribution in [-0.4, -0.2) is 38.7 Å². The Morgan fingerprint density at radius 3 is 2.43 bits per heavy atom. The first-order chi connectivity index (χ1) is 10.2. The predicted octanol–water partition coefficient (Wildman–Crippen LogP) is 3.38. The summed E-state index contributed by atoms with van der Waals surface area (Å²) in [5.74, 6) is 0.964. The van der Waals surface area contributed by atoms with Crippen LogP contribution in [0, 0.1) is 6.92 Å². The zero-order valence-corrected chi connectivity index (χ0v) is 13.6. The van der Waals surface area contributed by atoms with Crippen LogP contribution in [0.15, 0.2) is 24.3 Å². The first-order valence-corrected chi connectivity index (χ1v) is 7.99. The Balaban J connectivity index is 2.07. The molecule has 0 aliphatic heterocycles. The van der Waals surface area contributed by atoms with E-state index in [1.54, 1.807) is 0 Å². The molecule has 1 rings (SSSR count). The Labute approximate surface area is 130 Å². The van der Waals surface area contributed by atoms with Crippen LogP contribution in [-0.2, 0) is 6.54 Å². The lowest BCUT2D eigenvalue weighted by Gasteiger charge is -2.09. The molecule has 1 aromatic carbocycles. The third-order valence-electron chi connectivity index (χ3n) is 3.34. The Bertz CT molecular complexity index is 349. The van der Waals surface area contributed by atoms with Crippen LogP contribution in [0.3, 0.4) is 0 Å². The summed E-state index contributed by atoms with van der Waals surface area (Å²) in [5, 5.41) is 3.28. The summed E-state index contributed by atoms with van der Waals surface area (Å²) >= 11 is 0. The van der Waals surface area contributed by atoms with Gasteiger partial charge in [-0.3, -0.25) is 0 Å². The minimum atomic E-state index is 0.676. The maximum atomic E-state index is 5.76. The van der Waals surface area contributed by atoms with Gasteiger partial charge < -0.3 is 15.0 Å². The van der Waals surface area contributed by atoms with Crippen LogP contribution in [0.25, 0.3) is 0 Å². The maximum absolute atomic E-state index is 5.76. The minimum Gasteiger partial charge on any atom is -0.494 e. The average Bonchev–Trinajstić information content (AvgIpc) is 2.48. The van der Waals surface area contributed by atoms with Crippen molar-refractivity contribution in [2.45, 2.75) is 38.6 Å². The van der Waals surface area contributed by atoms with E-state index < -0.39 is 0 Å². The molecular weight excluding hydrogens is 260 g/mol. The van der Waals surface area contributed by atoms with E-state index in [1.165, 1.54) is 31.4 Å². The molecule has 0 unspecified atom stereocenters. The van der Waals surface area contributed by atoms with E-state index in [9.17, 15) is 0 Å². The minimum absolute atomic E-state index is 0.676. The van der Waals surface area contributed by atoms with Crippen LogP contribution < -0.4 is 10.1 Å². The van der Waals surface area contributed by atoms with Crippen LogP contribution in [0.1, 0.15) is 37.7 Å². The van der Waals surface area contributed by atoms with Crippen molar-refractivity contribution in [3.05, 3.63) is 36.8 Å². The molecule has 0 aliphatic rings. The lowest BCUT2D eigenvalue weighted by atomic mass is 10.2. The Morgan fingerprint density at radius 2 is 1.76 bits per heavy atom. The van der Waals surface area contributed by atoms with Crippen LogP contribution in [0.4, 0.5) is 0 Å². The Kier molecular flexibility index (Phi) is 9.92. The van der Waals surface area contributed by atoms with Crippen molar-refractivity contribution in [2.75, 3.05) is 33.8 Å². The van der Waals surface area contributed by atoms with Crippen molar-refractivity contribution in [2.24, 2.45) is 0 Å². The molecule has 2 radical (unpaired) electrons. The Morgan fingerprint density at radius 1 is 1.05 bits per heavy atom. The second kappa shape index (κ2) is 11.6. The van der Waals surface area contributed by atoms with Gasteiger partial charge in [-0.15, -0.1) is 0 Å². The van der Waals surface area contributed by atoms with Gasteiger partial charge in [-0.25, -0.2) is 0 Å². The predicted molar refractivity (Wildman–Crippen MR) is 89.6 cm³/mol. The fraction of sp³-hybridized carbons (Fsp3) is 0.611. The van der Waals surface area contributed by atoms with Crippen molar-refractivity contribution in [1.82, 2.24) is 10.2 Å². The fourth-order valence-electron chi connectivity index (χ4n) is 2.11. The number of hydrogen-bond acceptors (Lipinski definition) is 3. The van der Waals surface area contributed by atoms with E-state index in [-0.39, 0.29) is 0 Å². The first kappa shape index (κ1) is 18.0. The van der Waals surface area contributed by atoms with Gasteiger partial charge in [-0.05, 0) is 71.1 Å². The molecule has 0 aromatic heterocycles. The van der Waals surface area contributed by atoms with E-state index in [1.807, 2.05) is 12.1 Å². The largest absolute Gasteiger partial charge is 0.494 e. The summed E-state index contributed by atoms with van der Waals surface area (Å²) in [5.41, 5.74) is 1.26. The highest BCUT2D eigenvalue weighted by Gasteiger charge is 1.97. The van der Waals surface area contributed by atoms with E-state index in [0.717, 1.165) is 31.9 Å². The van der Waals surface area contributed by atoms with E-state index in [4.69, 9.17) is 11.7 Å². The molecule has 21 heavy (non-hydrogen) atoms. The average molecular weight is 290 g/mol. The highest BCUT2D eigenvalue weighted by atomic mass is 16.5. The summed E-state index contributed by atoms with van der Waals surface area (Å²) in [6.45, 7) is 9.16. The van der Waals surface area contributed by atoms with Gasteiger partial charge in [0.05, 0.1) is 6.61 Å². The highest BCUT2D eigenvalue weighted by molar-refractivity contribution is 5.27. The Hall–Kier alpha value is -1.06. The summed E-state index contributed by atoms with van der Waals surface area (Å²) in [4.78, 5) is 2.24. The molecule has 0 saturated heterocycles. The number of rotatable bonds is 12. The monoisotopic (exact) mass is 290 g/mol. The molecule has 3 heteroatoms. The number of ether oxygens (including phenoxy) is 1. The highest BCUT2D eigenvalue weighted by Crippen LogP contribution is 2.13. The molecule has 0 heterocycles. The van der Waals surface area contributed by atoms with Gasteiger partial charge in [0.2, 0.25) is 0 Å². The van der Waals surface area contributed by atoms with Crippen LogP contribution in [0.5, 0.6) is 5.75 Å². The number of unbranched alkanes of at least 4 members (excludes halogenated alkanes) is 3. The molecule has 0 atom stereocenters. The van der Waals surface area contributed by atoms with Gasteiger partial charge in [-0.2, -0.15) is 0 Å². The summed E-state index contributed by atoms with van der Waals surface area (Å²) in [7, 11) is 4.25. The van der Waals surface area contributed by atoms with Crippen molar-refractivity contribution >= 4 is 0 Å². The second-order valence-corrected chi connectivity index (χ2v) is 5.68. The van der Waals surface area contributed by atoms with Gasteiger partial charge in [0.25, 0.3) is 0 Å². The lowest BCUT2D eigenvalue weighted by Crippen LogP contribution is -2.13. The molecular formula is C18H30N2O. The quantitative estimate of drug-likeness (QED) is 0.597. The normalized spacial score (nSPS) is 11.0. The van der Waals surface area contributed by atoms with Gasteiger partial charge in [0.1, 0.15) is 5.75 Å². The van der Waals surface area contributed by atoms with Crippen molar-refractivity contribution < 1.29 is 4.74 Å². The molecule has 118 valence electrons. The second-order valence-electron chi connectivity index (χ2n) is 5.68. The van der Waals surface area contributed by atoms with Crippen molar-refractivity contribution in [1.29, 1.82) is 0 Å². The van der Waals surface area contributed by atoms with E-state index >= 15 is 0 Å². The molecule has 0 saturated carbocycles. The number of nitrogens with one attached hydrogen (secondary N) is 1. The van der Waals surface area contributed by atoms with Gasteiger partial charge in [0, 0.05) is 6.54 Å². The fourth-order valence-corrected chi connectivity index (χ4v) is 2.11. The molecule has 0 fully saturated rings. The molecule has 0 spiro atoms. The van der Waals surface area contributed by atoms with E-state index in [2.05, 4.69) is 36.4 Å². The third kappa shape index (κ3) is 9.48. The number of benzene rings is 1. The molecule has 0 amide bonds. The lowest BCUT2D eigenvalue weighted by molar-refractivity contribution is 0.302. The van der Waals surface area contributed by atoms with Gasteiger partial charge in [-0.1, -0.05) is 25.0 Å². The molecule has 0 aliphatic carbocycles. The molecule has 1 N–H and O–H groups in total. The topological polar surface area (TPSA) is 24.5 Å². The summed E-state index contributed by atoms with van der Waals surface area (Å²) < 4.78 is 5.76. The standard InChI is InChI=1S/C18H30N2O/c1-4-13-19-16-17-9-11-18(12-10-17)21-15-8-6-5-7-14-20(2)3/h1,9-12,19H,4-8,13-16H2,2-3H3. The smallest absolute Gasteiger partial charge is 0.119 e. The van der Waals surface area contributed by atoms with Crippen LogP contribution >= 0.6 is 0 Å². The molecule has 1 aromatic rings. The maximum Gasteiger partial charge on any atom is 0.119 e. The third-order valence-corrected chi connectivity index (χ3v) is 3.34. The van der Waals surface area contributed by atoms with Crippen LogP contribution in [0.2, 0.25) is 0 Å². The number of nitrogens with zero attached hydrogens (tertiary/aromatic N) is 1. The van der Waals surface area contributed by atoms with Gasteiger partial charge in [0.15, 0.2) is 0 Å². The van der Waals surface area contributed by atoms with Crippen molar-refractivity contribution in [3.63, 3.8) is 0 Å². The SMILES string of the molecule is [CH]CCNCc1ccc(OCCCCCCN(C)C)cc1. The number of hydrogen-bond donors (Lipinski definition) is 1. The zero-order valence-electron chi connectivity index (χ0n) is 13.6. The summed E-state index contributed by atoms with van der Waals surface area (Å²) in [6.07, 6.45) is 5.61. The summed E-state index contributed by atoms with van der Waals surface area (Å²) in [6, 6.07) is 8.31. The first-order valence-electron chi connectivity index (χ1n) is 7.99. The zero-order chi connectivity index (χ0) is 15.3. The van der Waals surface area contributed by atoms with Crippen molar-refractivity contribution in [3.8, 4) is 5.75 Å². The van der Waals surface area contributed by atoms with E-state index in [0.29, 0.717) is 6.42 Å². The molecule has 0 bridgehead atoms. The molecule has 3 nitrogen and oxygen atoms in total.